The molecule has 82 valence electrons. The molecule has 1 fully saturated rings. The van der Waals surface area contributed by atoms with Gasteiger partial charge in [0.05, 0.1) is 5.69 Å². The minimum Gasteiger partial charge on any atom is -0.396 e. The zero-order valence-corrected chi connectivity index (χ0v) is 9.19. The fraction of sp³-hybridized carbons (Fsp3) is 0.583. The first kappa shape index (κ1) is 10.6. The van der Waals surface area contributed by atoms with Gasteiger partial charge in [0.25, 0.3) is 0 Å². The molecule has 0 amide bonds. The summed E-state index contributed by atoms with van der Waals surface area (Å²) in [7, 11) is 0. The Balaban J connectivity index is 1.92. The second-order valence-electron chi connectivity index (χ2n) is 4.34. The van der Waals surface area contributed by atoms with E-state index in [0.29, 0.717) is 12.5 Å². The maximum Gasteiger partial charge on any atom is 0.0547 e. The zero-order valence-electron chi connectivity index (χ0n) is 9.19. The molecule has 3 nitrogen and oxygen atoms in total. The number of aromatic nitrogens is 1. The molecule has 0 aliphatic carbocycles. The second kappa shape index (κ2) is 4.73. The average molecular weight is 206 g/mol. The van der Waals surface area contributed by atoms with Gasteiger partial charge < -0.3 is 5.11 Å². The average Bonchev–Trinajstić information content (AvgIpc) is 2.65. The summed E-state index contributed by atoms with van der Waals surface area (Å²) in [6, 6.07) is 6.14. The van der Waals surface area contributed by atoms with E-state index in [2.05, 4.69) is 22.0 Å². The van der Waals surface area contributed by atoms with Crippen molar-refractivity contribution in [3.05, 3.63) is 29.6 Å². The minimum atomic E-state index is 0.317. The molecule has 15 heavy (non-hydrogen) atoms. The highest BCUT2D eigenvalue weighted by molar-refractivity contribution is 5.09. The van der Waals surface area contributed by atoms with Crippen LogP contribution in [0.5, 0.6) is 0 Å². The van der Waals surface area contributed by atoms with Crippen LogP contribution >= 0.6 is 0 Å². The molecule has 1 saturated heterocycles. The van der Waals surface area contributed by atoms with E-state index in [4.69, 9.17) is 5.11 Å². The van der Waals surface area contributed by atoms with Gasteiger partial charge in [0.2, 0.25) is 0 Å². The Morgan fingerprint density at radius 2 is 2.40 bits per heavy atom. The molecule has 0 saturated carbocycles. The predicted molar refractivity (Wildman–Crippen MR) is 59.4 cm³/mol. The number of rotatable bonds is 3. The van der Waals surface area contributed by atoms with Crippen molar-refractivity contribution in [1.29, 1.82) is 0 Å². The molecule has 1 aliphatic heterocycles. The van der Waals surface area contributed by atoms with E-state index in [1.165, 1.54) is 0 Å². The topological polar surface area (TPSA) is 36.4 Å². The maximum absolute atomic E-state index is 9.05. The SMILES string of the molecule is Cc1cccc(CN2CCC(CO)C2)n1. The number of pyridine rings is 1. The lowest BCUT2D eigenvalue weighted by atomic mass is 10.1. The summed E-state index contributed by atoms with van der Waals surface area (Å²) in [4.78, 5) is 6.85. The Labute approximate surface area is 90.8 Å². The van der Waals surface area contributed by atoms with Gasteiger partial charge in [-0.1, -0.05) is 6.07 Å². The second-order valence-corrected chi connectivity index (χ2v) is 4.34. The Kier molecular flexibility index (Phi) is 3.34. The number of nitrogens with zero attached hydrogens (tertiary/aromatic N) is 2. The van der Waals surface area contributed by atoms with Crippen LogP contribution in [0.15, 0.2) is 18.2 Å². The third-order valence-corrected chi connectivity index (χ3v) is 2.96. The van der Waals surface area contributed by atoms with Gasteiger partial charge in [-0.15, -0.1) is 0 Å². The van der Waals surface area contributed by atoms with Crippen molar-refractivity contribution in [2.45, 2.75) is 19.9 Å². The van der Waals surface area contributed by atoms with Crippen molar-refractivity contribution in [2.75, 3.05) is 19.7 Å². The third kappa shape index (κ3) is 2.76. The summed E-state index contributed by atoms with van der Waals surface area (Å²) < 4.78 is 0. The van der Waals surface area contributed by atoms with Gasteiger partial charge >= 0.3 is 0 Å². The van der Waals surface area contributed by atoms with Crippen molar-refractivity contribution in [3.8, 4) is 0 Å². The summed E-state index contributed by atoms with van der Waals surface area (Å²) >= 11 is 0. The van der Waals surface area contributed by atoms with E-state index in [0.717, 1.165) is 37.4 Å². The molecule has 0 spiro atoms. The first-order chi connectivity index (χ1) is 7.28. The molecule has 0 aromatic carbocycles. The van der Waals surface area contributed by atoms with Crippen LogP contribution in [0.25, 0.3) is 0 Å². The zero-order chi connectivity index (χ0) is 10.7. The first-order valence-corrected chi connectivity index (χ1v) is 5.53. The number of likely N-dealkylation sites (tertiary alicyclic amines) is 1. The molecule has 0 bridgehead atoms. The van der Waals surface area contributed by atoms with Crippen LogP contribution in [-0.4, -0.2) is 34.7 Å². The van der Waals surface area contributed by atoms with Crippen LogP contribution in [-0.2, 0) is 6.54 Å². The minimum absolute atomic E-state index is 0.317. The fourth-order valence-corrected chi connectivity index (χ4v) is 2.12. The molecule has 1 aromatic heterocycles. The summed E-state index contributed by atoms with van der Waals surface area (Å²) in [6.45, 7) is 5.34. The van der Waals surface area contributed by atoms with Gasteiger partial charge in [-0.2, -0.15) is 0 Å². The lowest BCUT2D eigenvalue weighted by Gasteiger charge is -2.14. The van der Waals surface area contributed by atoms with Crippen molar-refractivity contribution < 1.29 is 5.11 Å². The maximum atomic E-state index is 9.05. The molecular weight excluding hydrogens is 188 g/mol. The van der Waals surface area contributed by atoms with E-state index >= 15 is 0 Å². The molecule has 1 atom stereocenters. The summed E-state index contributed by atoms with van der Waals surface area (Å²) in [5.74, 6) is 0.467. The van der Waals surface area contributed by atoms with Gasteiger partial charge in [-0.25, -0.2) is 0 Å². The van der Waals surface area contributed by atoms with Crippen molar-refractivity contribution in [2.24, 2.45) is 5.92 Å². The molecule has 0 radical (unpaired) electrons. The van der Waals surface area contributed by atoms with Gasteiger partial charge in [0.15, 0.2) is 0 Å². The Hall–Kier alpha value is -0.930. The lowest BCUT2D eigenvalue weighted by molar-refractivity contribution is 0.219. The van der Waals surface area contributed by atoms with Gasteiger partial charge in [-0.3, -0.25) is 9.88 Å². The van der Waals surface area contributed by atoms with E-state index in [-0.39, 0.29) is 0 Å². The Bertz CT molecular complexity index is 327. The number of aliphatic hydroxyl groups excluding tert-OH is 1. The summed E-state index contributed by atoms with van der Waals surface area (Å²) in [5.41, 5.74) is 2.21. The molecule has 1 N–H and O–H groups in total. The monoisotopic (exact) mass is 206 g/mol. The number of aryl methyl sites for hydroxylation is 1. The van der Waals surface area contributed by atoms with Crippen LogP contribution in [0.1, 0.15) is 17.8 Å². The van der Waals surface area contributed by atoms with Crippen molar-refractivity contribution >= 4 is 0 Å². The van der Waals surface area contributed by atoms with Crippen LogP contribution in [0, 0.1) is 12.8 Å². The van der Waals surface area contributed by atoms with Crippen molar-refractivity contribution in [3.63, 3.8) is 0 Å². The van der Waals surface area contributed by atoms with Crippen LogP contribution in [0.2, 0.25) is 0 Å². The quantitative estimate of drug-likeness (QED) is 0.807. The highest BCUT2D eigenvalue weighted by Crippen LogP contribution is 2.17. The molecular formula is C12H18N2O. The predicted octanol–water partition coefficient (Wildman–Crippen LogP) is 1.20. The fourth-order valence-electron chi connectivity index (χ4n) is 2.12. The lowest BCUT2D eigenvalue weighted by Crippen LogP contribution is -2.21. The van der Waals surface area contributed by atoms with Crippen molar-refractivity contribution in [1.82, 2.24) is 9.88 Å². The summed E-state index contributed by atoms with van der Waals surface area (Å²) in [6.07, 6.45) is 1.11. The summed E-state index contributed by atoms with van der Waals surface area (Å²) in [5, 5.41) is 9.05. The van der Waals surface area contributed by atoms with Gasteiger partial charge in [0, 0.05) is 25.4 Å². The van der Waals surface area contributed by atoms with E-state index in [1.54, 1.807) is 0 Å². The van der Waals surface area contributed by atoms with E-state index < -0.39 is 0 Å². The Morgan fingerprint density at radius 3 is 3.07 bits per heavy atom. The highest BCUT2D eigenvalue weighted by Gasteiger charge is 2.21. The van der Waals surface area contributed by atoms with Crippen LogP contribution in [0.4, 0.5) is 0 Å². The number of hydrogen-bond acceptors (Lipinski definition) is 3. The standard InChI is InChI=1S/C12H18N2O/c1-10-3-2-4-12(13-10)8-14-6-5-11(7-14)9-15/h2-4,11,15H,5-9H2,1H3. The van der Waals surface area contributed by atoms with E-state index in [9.17, 15) is 0 Å². The smallest absolute Gasteiger partial charge is 0.0547 e. The molecule has 1 unspecified atom stereocenters. The van der Waals surface area contributed by atoms with Gasteiger partial charge in [-0.05, 0) is 37.9 Å². The number of aliphatic hydroxyl groups is 1. The molecule has 2 heterocycles. The largest absolute Gasteiger partial charge is 0.396 e. The molecule has 1 aromatic rings. The van der Waals surface area contributed by atoms with Crippen LogP contribution in [0.3, 0.4) is 0 Å². The highest BCUT2D eigenvalue weighted by atomic mass is 16.3. The van der Waals surface area contributed by atoms with Gasteiger partial charge in [0.1, 0.15) is 0 Å². The molecule has 1 aliphatic rings. The van der Waals surface area contributed by atoms with E-state index in [1.807, 2.05) is 13.0 Å². The number of hydrogen-bond donors (Lipinski definition) is 1. The molecule has 3 heteroatoms. The van der Waals surface area contributed by atoms with Crippen LogP contribution < -0.4 is 0 Å². The third-order valence-electron chi connectivity index (χ3n) is 2.96. The first-order valence-electron chi connectivity index (χ1n) is 5.53. The normalized spacial score (nSPS) is 22.1. The molecule has 2 rings (SSSR count). The Morgan fingerprint density at radius 1 is 1.53 bits per heavy atom.